The minimum atomic E-state index is -0.870. The van der Waals surface area contributed by atoms with Crippen LogP contribution >= 0.6 is 0 Å². The molecule has 0 saturated carbocycles. The van der Waals surface area contributed by atoms with E-state index in [2.05, 4.69) is 10.3 Å². The monoisotopic (exact) mass is 288 g/mol. The molecule has 1 amide bonds. The van der Waals surface area contributed by atoms with Gasteiger partial charge in [0.25, 0.3) is 5.91 Å². The highest BCUT2D eigenvalue weighted by molar-refractivity contribution is 5.91. The Morgan fingerprint density at radius 2 is 2.00 bits per heavy atom. The molecular formula is C14H16N4O3. The third kappa shape index (κ3) is 3.88. The summed E-state index contributed by atoms with van der Waals surface area (Å²) in [5.74, 6) is -1.14. The molecule has 0 aliphatic carbocycles. The standard InChI is InChI=1S/C14H16N4O3/c1-17(9-5-8-13(19)20)14(21)12-10-18(16-15-12)11-6-3-2-4-7-11/h2-4,6-7,10H,5,8-9H2,1H3,(H,19,20). The first-order chi connectivity index (χ1) is 10.1. The Kier molecular flexibility index (Phi) is 4.65. The molecule has 0 unspecified atom stereocenters. The first-order valence-electron chi connectivity index (χ1n) is 6.53. The van der Waals surface area contributed by atoms with Crippen molar-refractivity contribution in [3.8, 4) is 5.69 Å². The second-order valence-corrected chi connectivity index (χ2v) is 4.61. The molecule has 0 radical (unpaired) electrons. The summed E-state index contributed by atoms with van der Waals surface area (Å²) in [4.78, 5) is 24.0. The zero-order valence-corrected chi connectivity index (χ0v) is 11.6. The Bertz CT molecular complexity index is 624. The van der Waals surface area contributed by atoms with Crippen molar-refractivity contribution in [3.05, 3.63) is 42.2 Å². The van der Waals surface area contributed by atoms with Gasteiger partial charge in [-0.2, -0.15) is 0 Å². The number of benzene rings is 1. The lowest BCUT2D eigenvalue weighted by molar-refractivity contribution is -0.137. The van der Waals surface area contributed by atoms with Crippen LogP contribution in [0.4, 0.5) is 0 Å². The Hall–Kier alpha value is -2.70. The Morgan fingerprint density at radius 1 is 1.29 bits per heavy atom. The van der Waals surface area contributed by atoms with Gasteiger partial charge in [0.2, 0.25) is 0 Å². The van der Waals surface area contributed by atoms with Gasteiger partial charge in [-0.3, -0.25) is 9.59 Å². The fourth-order valence-corrected chi connectivity index (χ4v) is 1.83. The van der Waals surface area contributed by atoms with Crippen LogP contribution in [0.2, 0.25) is 0 Å². The molecule has 21 heavy (non-hydrogen) atoms. The number of carboxylic acids is 1. The Balaban J connectivity index is 2.00. The molecule has 1 aromatic carbocycles. The van der Waals surface area contributed by atoms with Crippen LogP contribution in [0.3, 0.4) is 0 Å². The van der Waals surface area contributed by atoms with E-state index >= 15 is 0 Å². The minimum Gasteiger partial charge on any atom is -0.481 e. The molecule has 2 aromatic rings. The number of aromatic nitrogens is 3. The number of aliphatic carboxylic acids is 1. The average molecular weight is 288 g/mol. The summed E-state index contributed by atoms with van der Waals surface area (Å²) in [6.07, 6.45) is 2.00. The first-order valence-corrected chi connectivity index (χ1v) is 6.53. The molecule has 0 saturated heterocycles. The second-order valence-electron chi connectivity index (χ2n) is 4.61. The number of carbonyl (C=O) groups is 2. The van der Waals surface area contributed by atoms with E-state index in [1.165, 1.54) is 9.58 Å². The molecule has 0 aliphatic heterocycles. The van der Waals surface area contributed by atoms with Crippen molar-refractivity contribution in [1.82, 2.24) is 19.9 Å². The van der Waals surface area contributed by atoms with Crippen molar-refractivity contribution in [1.29, 1.82) is 0 Å². The van der Waals surface area contributed by atoms with Crippen LogP contribution in [0, 0.1) is 0 Å². The zero-order chi connectivity index (χ0) is 15.2. The van der Waals surface area contributed by atoms with E-state index in [0.29, 0.717) is 13.0 Å². The van der Waals surface area contributed by atoms with Gasteiger partial charge < -0.3 is 10.0 Å². The van der Waals surface area contributed by atoms with E-state index in [-0.39, 0.29) is 18.0 Å². The molecule has 0 aliphatic rings. The summed E-state index contributed by atoms with van der Waals surface area (Å²) >= 11 is 0. The van der Waals surface area contributed by atoms with Crippen LogP contribution in [-0.4, -0.2) is 50.5 Å². The highest BCUT2D eigenvalue weighted by atomic mass is 16.4. The fourth-order valence-electron chi connectivity index (χ4n) is 1.83. The number of carboxylic acid groups (broad SMARTS) is 1. The van der Waals surface area contributed by atoms with E-state index in [0.717, 1.165) is 5.69 Å². The van der Waals surface area contributed by atoms with Gasteiger partial charge in [-0.1, -0.05) is 23.4 Å². The molecule has 1 heterocycles. The topological polar surface area (TPSA) is 88.3 Å². The van der Waals surface area contributed by atoms with Crippen molar-refractivity contribution in [2.24, 2.45) is 0 Å². The summed E-state index contributed by atoms with van der Waals surface area (Å²) in [5.41, 5.74) is 1.05. The van der Waals surface area contributed by atoms with Crippen LogP contribution in [-0.2, 0) is 4.79 Å². The van der Waals surface area contributed by atoms with Crippen molar-refractivity contribution in [2.45, 2.75) is 12.8 Å². The SMILES string of the molecule is CN(CCCC(=O)O)C(=O)c1cn(-c2ccccc2)nn1. The largest absolute Gasteiger partial charge is 0.481 e. The van der Waals surface area contributed by atoms with Gasteiger partial charge in [-0.25, -0.2) is 4.68 Å². The van der Waals surface area contributed by atoms with Crippen molar-refractivity contribution >= 4 is 11.9 Å². The third-order valence-electron chi connectivity index (χ3n) is 2.96. The van der Waals surface area contributed by atoms with Crippen LogP contribution < -0.4 is 0 Å². The molecule has 0 atom stereocenters. The maximum Gasteiger partial charge on any atom is 0.303 e. The van der Waals surface area contributed by atoms with Gasteiger partial charge in [0.15, 0.2) is 5.69 Å². The van der Waals surface area contributed by atoms with E-state index in [9.17, 15) is 9.59 Å². The highest BCUT2D eigenvalue weighted by Gasteiger charge is 2.16. The lowest BCUT2D eigenvalue weighted by atomic mass is 10.3. The average Bonchev–Trinajstić information content (AvgIpc) is 2.96. The molecule has 1 N–H and O–H groups in total. The summed E-state index contributed by atoms with van der Waals surface area (Å²) in [5, 5.41) is 16.4. The van der Waals surface area contributed by atoms with E-state index < -0.39 is 5.97 Å². The van der Waals surface area contributed by atoms with Crippen molar-refractivity contribution in [3.63, 3.8) is 0 Å². The normalized spacial score (nSPS) is 10.3. The predicted octanol–water partition coefficient (Wildman–Crippen LogP) is 1.20. The van der Waals surface area contributed by atoms with Crippen LogP contribution in [0.25, 0.3) is 5.69 Å². The summed E-state index contributed by atoms with van der Waals surface area (Å²) in [6, 6.07) is 9.36. The Morgan fingerprint density at radius 3 is 2.67 bits per heavy atom. The number of para-hydroxylation sites is 1. The summed E-state index contributed by atoms with van der Waals surface area (Å²) < 4.78 is 1.53. The number of hydrogen-bond acceptors (Lipinski definition) is 4. The minimum absolute atomic E-state index is 0.0360. The number of amides is 1. The molecule has 1 aromatic heterocycles. The van der Waals surface area contributed by atoms with Gasteiger partial charge in [0, 0.05) is 20.0 Å². The molecule has 0 fully saturated rings. The molecular weight excluding hydrogens is 272 g/mol. The predicted molar refractivity (Wildman–Crippen MR) is 75.2 cm³/mol. The lowest BCUT2D eigenvalue weighted by Crippen LogP contribution is -2.28. The maximum absolute atomic E-state index is 12.1. The van der Waals surface area contributed by atoms with Crippen molar-refractivity contribution in [2.75, 3.05) is 13.6 Å². The molecule has 0 bridgehead atoms. The van der Waals surface area contributed by atoms with Gasteiger partial charge in [0.05, 0.1) is 11.9 Å². The second kappa shape index (κ2) is 6.65. The molecule has 110 valence electrons. The van der Waals surface area contributed by atoms with Crippen LogP contribution in [0.5, 0.6) is 0 Å². The van der Waals surface area contributed by atoms with Gasteiger partial charge in [-0.15, -0.1) is 5.10 Å². The number of carbonyl (C=O) groups excluding carboxylic acids is 1. The maximum atomic E-state index is 12.1. The molecule has 7 nitrogen and oxygen atoms in total. The van der Waals surface area contributed by atoms with E-state index in [1.807, 2.05) is 30.3 Å². The smallest absolute Gasteiger partial charge is 0.303 e. The van der Waals surface area contributed by atoms with Crippen molar-refractivity contribution < 1.29 is 14.7 Å². The van der Waals surface area contributed by atoms with Gasteiger partial charge in [-0.05, 0) is 18.6 Å². The van der Waals surface area contributed by atoms with Gasteiger partial charge in [0.1, 0.15) is 0 Å². The molecule has 7 heteroatoms. The van der Waals surface area contributed by atoms with Crippen LogP contribution in [0.1, 0.15) is 23.3 Å². The van der Waals surface area contributed by atoms with E-state index in [4.69, 9.17) is 5.11 Å². The highest BCUT2D eigenvalue weighted by Crippen LogP contribution is 2.07. The quantitative estimate of drug-likeness (QED) is 0.863. The Labute approximate surface area is 121 Å². The fraction of sp³-hybridized carbons (Fsp3) is 0.286. The third-order valence-corrected chi connectivity index (χ3v) is 2.96. The van der Waals surface area contributed by atoms with E-state index in [1.54, 1.807) is 13.2 Å². The molecule has 0 spiro atoms. The molecule has 2 rings (SSSR count). The number of rotatable bonds is 6. The van der Waals surface area contributed by atoms with Crippen LogP contribution in [0.15, 0.2) is 36.5 Å². The number of nitrogens with zero attached hydrogens (tertiary/aromatic N) is 4. The van der Waals surface area contributed by atoms with Gasteiger partial charge >= 0.3 is 5.97 Å². The first kappa shape index (κ1) is 14.7. The number of hydrogen-bond donors (Lipinski definition) is 1. The summed E-state index contributed by atoms with van der Waals surface area (Å²) in [7, 11) is 1.62. The summed E-state index contributed by atoms with van der Waals surface area (Å²) in [6.45, 7) is 0.364. The lowest BCUT2D eigenvalue weighted by Gasteiger charge is -2.14. The zero-order valence-electron chi connectivity index (χ0n) is 11.6.